The predicted octanol–water partition coefficient (Wildman–Crippen LogP) is 3.43. The average Bonchev–Trinajstić information content (AvgIpc) is 3.25. The third-order valence-electron chi connectivity index (χ3n) is 4.79. The fraction of sp³-hybridized carbons (Fsp3) is 0.300. The zero-order valence-corrected chi connectivity index (χ0v) is 16.3. The standard InChI is InChI=1S/C20H21N5OS/c1-13-8-10-17(11-9-13)25-20(21-22-23-25)27-15(3)19(26)24-14(2)12-16-6-4-5-7-18(16)24/h4-11,14-15H,12H2,1-3H3/t14-,15-/m0/s1. The van der Waals surface area contributed by atoms with Crippen LogP contribution in [0.15, 0.2) is 53.7 Å². The van der Waals surface area contributed by atoms with Crippen LogP contribution < -0.4 is 4.90 Å². The first-order valence-corrected chi connectivity index (χ1v) is 9.85. The van der Waals surface area contributed by atoms with Gasteiger partial charge in [-0.25, -0.2) is 0 Å². The zero-order valence-electron chi connectivity index (χ0n) is 15.5. The van der Waals surface area contributed by atoms with Crippen LogP contribution in [0.5, 0.6) is 0 Å². The molecule has 2 atom stereocenters. The highest BCUT2D eigenvalue weighted by Gasteiger charge is 2.34. The van der Waals surface area contributed by atoms with Crippen molar-refractivity contribution in [3.8, 4) is 5.69 Å². The molecule has 6 nitrogen and oxygen atoms in total. The number of carbonyl (C=O) groups is 1. The quantitative estimate of drug-likeness (QED) is 0.650. The third kappa shape index (κ3) is 3.35. The normalized spacial score (nSPS) is 17.0. The molecule has 0 saturated heterocycles. The number of carbonyl (C=O) groups excluding carboxylic acids is 1. The SMILES string of the molecule is Cc1ccc(-n2nnnc2S[C@@H](C)C(=O)N2c3ccccc3C[C@@H]2C)cc1. The molecule has 1 aliphatic rings. The van der Waals surface area contributed by atoms with Gasteiger partial charge in [0.2, 0.25) is 11.1 Å². The molecule has 0 fully saturated rings. The number of amides is 1. The van der Waals surface area contributed by atoms with Crippen LogP contribution in [0.3, 0.4) is 0 Å². The molecular formula is C20H21N5OS. The highest BCUT2D eigenvalue weighted by atomic mass is 32.2. The van der Waals surface area contributed by atoms with Gasteiger partial charge in [-0.15, -0.1) is 5.10 Å². The van der Waals surface area contributed by atoms with Crippen LogP contribution in [0.2, 0.25) is 0 Å². The van der Waals surface area contributed by atoms with E-state index in [1.54, 1.807) is 4.68 Å². The largest absolute Gasteiger partial charge is 0.308 e. The molecule has 1 aromatic heterocycles. The van der Waals surface area contributed by atoms with Crippen molar-refractivity contribution in [1.29, 1.82) is 0 Å². The second kappa shape index (κ2) is 7.15. The number of hydrogen-bond acceptors (Lipinski definition) is 5. The van der Waals surface area contributed by atoms with Crippen LogP contribution in [0.4, 0.5) is 5.69 Å². The van der Waals surface area contributed by atoms with E-state index in [0.29, 0.717) is 5.16 Å². The Labute approximate surface area is 162 Å². The Bertz CT molecular complexity index is 969. The molecule has 0 saturated carbocycles. The van der Waals surface area contributed by atoms with Gasteiger partial charge in [-0.3, -0.25) is 4.79 Å². The van der Waals surface area contributed by atoms with E-state index in [2.05, 4.69) is 28.5 Å². The molecule has 2 aromatic carbocycles. The molecule has 0 N–H and O–H groups in total. The summed E-state index contributed by atoms with van der Waals surface area (Å²) in [6.07, 6.45) is 0.889. The summed E-state index contributed by atoms with van der Waals surface area (Å²) in [6.45, 7) is 6.04. The summed E-state index contributed by atoms with van der Waals surface area (Å²) in [5.74, 6) is 0.0795. The van der Waals surface area contributed by atoms with Gasteiger partial charge < -0.3 is 4.90 Å². The molecular weight excluding hydrogens is 358 g/mol. The third-order valence-corrected chi connectivity index (χ3v) is 5.81. The lowest BCUT2D eigenvalue weighted by Crippen LogP contribution is -2.40. The van der Waals surface area contributed by atoms with Crippen LogP contribution in [0.25, 0.3) is 5.69 Å². The number of benzene rings is 2. The van der Waals surface area contributed by atoms with Crippen molar-refractivity contribution in [3.63, 3.8) is 0 Å². The van der Waals surface area contributed by atoms with Gasteiger partial charge in [0.05, 0.1) is 10.9 Å². The molecule has 0 aliphatic carbocycles. The maximum atomic E-state index is 13.2. The molecule has 7 heteroatoms. The monoisotopic (exact) mass is 379 g/mol. The van der Waals surface area contributed by atoms with Gasteiger partial charge in [-0.1, -0.05) is 47.7 Å². The van der Waals surface area contributed by atoms with Gasteiger partial charge >= 0.3 is 0 Å². The minimum Gasteiger partial charge on any atom is -0.308 e. The summed E-state index contributed by atoms with van der Waals surface area (Å²) in [5, 5.41) is 12.3. The Kier molecular flexibility index (Phi) is 4.70. The van der Waals surface area contributed by atoms with Crippen molar-refractivity contribution in [1.82, 2.24) is 20.2 Å². The van der Waals surface area contributed by atoms with Gasteiger partial charge in [0.15, 0.2) is 0 Å². The number of para-hydroxylation sites is 1. The molecule has 0 radical (unpaired) electrons. The van der Waals surface area contributed by atoms with Gasteiger partial charge in [-0.05, 0) is 61.4 Å². The van der Waals surface area contributed by atoms with Gasteiger partial charge in [0.25, 0.3) is 0 Å². The fourth-order valence-corrected chi connectivity index (χ4v) is 4.26. The molecule has 2 heterocycles. The summed E-state index contributed by atoms with van der Waals surface area (Å²) in [7, 11) is 0. The van der Waals surface area contributed by atoms with Gasteiger partial charge in [0, 0.05) is 11.7 Å². The Morgan fingerprint density at radius 2 is 1.93 bits per heavy atom. The van der Waals surface area contributed by atoms with Crippen LogP contribution in [-0.4, -0.2) is 37.4 Å². The number of rotatable bonds is 4. The molecule has 1 aliphatic heterocycles. The first-order valence-electron chi connectivity index (χ1n) is 8.97. The number of thioether (sulfide) groups is 1. The van der Waals surface area contributed by atoms with E-state index in [1.165, 1.54) is 22.9 Å². The molecule has 1 amide bonds. The van der Waals surface area contributed by atoms with Crippen LogP contribution in [0.1, 0.15) is 25.0 Å². The number of hydrogen-bond donors (Lipinski definition) is 0. The second-order valence-electron chi connectivity index (χ2n) is 6.86. The lowest BCUT2D eigenvalue weighted by Gasteiger charge is -2.25. The number of anilines is 1. The predicted molar refractivity (Wildman–Crippen MR) is 106 cm³/mol. The fourth-order valence-electron chi connectivity index (χ4n) is 3.41. The van der Waals surface area contributed by atoms with Crippen LogP contribution in [0, 0.1) is 6.92 Å². The van der Waals surface area contributed by atoms with E-state index in [4.69, 9.17) is 0 Å². The van der Waals surface area contributed by atoms with Crippen molar-refractivity contribution in [2.24, 2.45) is 0 Å². The van der Waals surface area contributed by atoms with Crippen molar-refractivity contribution in [3.05, 3.63) is 59.7 Å². The van der Waals surface area contributed by atoms with Gasteiger partial charge in [0.1, 0.15) is 0 Å². The van der Waals surface area contributed by atoms with E-state index in [1.807, 2.05) is 61.2 Å². The number of nitrogens with zero attached hydrogens (tertiary/aromatic N) is 5. The molecule has 0 unspecified atom stereocenters. The smallest absolute Gasteiger partial charge is 0.240 e. The highest BCUT2D eigenvalue weighted by Crippen LogP contribution is 2.34. The maximum absolute atomic E-state index is 13.2. The Morgan fingerprint density at radius 1 is 1.19 bits per heavy atom. The summed E-state index contributed by atoms with van der Waals surface area (Å²) < 4.78 is 1.68. The minimum absolute atomic E-state index is 0.0795. The summed E-state index contributed by atoms with van der Waals surface area (Å²) in [6, 6.07) is 16.2. The van der Waals surface area contributed by atoms with Crippen molar-refractivity contribution >= 4 is 23.4 Å². The van der Waals surface area contributed by atoms with Crippen molar-refractivity contribution in [2.45, 2.75) is 43.6 Å². The number of aromatic nitrogens is 4. The first kappa shape index (κ1) is 17.7. The Hall–Kier alpha value is -2.67. The highest BCUT2D eigenvalue weighted by molar-refractivity contribution is 8.00. The molecule has 138 valence electrons. The van der Waals surface area contributed by atoms with Crippen LogP contribution >= 0.6 is 11.8 Å². The molecule has 27 heavy (non-hydrogen) atoms. The van der Waals surface area contributed by atoms with E-state index < -0.39 is 0 Å². The topological polar surface area (TPSA) is 63.9 Å². The molecule has 3 aromatic rings. The first-order chi connectivity index (χ1) is 13.0. The van der Waals surface area contributed by atoms with E-state index >= 15 is 0 Å². The molecule has 0 bridgehead atoms. The molecule has 4 rings (SSSR count). The molecule has 0 spiro atoms. The van der Waals surface area contributed by atoms with Crippen LogP contribution in [-0.2, 0) is 11.2 Å². The lowest BCUT2D eigenvalue weighted by molar-refractivity contribution is -0.118. The number of fused-ring (bicyclic) bond motifs is 1. The Morgan fingerprint density at radius 3 is 2.70 bits per heavy atom. The lowest BCUT2D eigenvalue weighted by atomic mass is 10.1. The summed E-state index contributed by atoms with van der Waals surface area (Å²) in [4.78, 5) is 15.1. The summed E-state index contributed by atoms with van der Waals surface area (Å²) >= 11 is 1.38. The number of aryl methyl sites for hydroxylation is 1. The summed E-state index contributed by atoms with van der Waals surface area (Å²) in [5.41, 5.74) is 4.29. The van der Waals surface area contributed by atoms with E-state index in [-0.39, 0.29) is 17.2 Å². The Balaban J connectivity index is 1.55. The minimum atomic E-state index is -0.297. The van der Waals surface area contributed by atoms with Crippen molar-refractivity contribution < 1.29 is 4.79 Å². The zero-order chi connectivity index (χ0) is 19.0. The van der Waals surface area contributed by atoms with Crippen molar-refractivity contribution in [2.75, 3.05) is 4.90 Å². The number of tetrazole rings is 1. The van der Waals surface area contributed by atoms with Gasteiger partial charge in [-0.2, -0.15) is 4.68 Å². The second-order valence-corrected chi connectivity index (χ2v) is 8.17. The average molecular weight is 379 g/mol. The van der Waals surface area contributed by atoms with E-state index in [9.17, 15) is 4.79 Å². The maximum Gasteiger partial charge on any atom is 0.240 e. The van der Waals surface area contributed by atoms with E-state index in [0.717, 1.165) is 17.8 Å².